The van der Waals surface area contributed by atoms with Crippen LogP contribution in [-0.2, 0) is 35.1 Å². The SMILES string of the molecule is CC[C@@H]1CC(C)C2(NC1=O)O[C@@H](C[C@H](O)[C@@H](C)CC/C=C/C=C(\C)[C@@H](O)C/C=C/C=C/[C@H](O)[C@H](C)[C@@H](O)[C@@H](CCC(C)=O)C(=O)N[C@H](C(=O)N[C@@H](Cc1cccc(O)c1)C(=O)N1CCCCN1)C(C)C)[C@H](C)[C@H](O)C2C. The number of benzene rings is 1. The fourth-order valence-corrected chi connectivity index (χ4v) is 10.7. The van der Waals surface area contributed by atoms with Gasteiger partial charge >= 0.3 is 0 Å². The lowest BCUT2D eigenvalue weighted by Crippen LogP contribution is -2.71. The number of piperidine rings is 1. The zero-order valence-corrected chi connectivity index (χ0v) is 46.9. The van der Waals surface area contributed by atoms with E-state index in [2.05, 4.69) is 28.3 Å². The molecule has 3 aliphatic heterocycles. The number of aliphatic hydroxyl groups is 5. The van der Waals surface area contributed by atoms with Crippen LogP contribution in [0.15, 0.2) is 72.4 Å². The van der Waals surface area contributed by atoms with E-state index in [4.69, 9.17) is 4.74 Å². The number of allylic oxidation sites excluding steroid dienone is 5. The van der Waals surface area contributed by atoms with Gasteiger partial charge in [0.1, 0.15) is 29.3 Å². The van der Waals surface area contributed by atoms with E-state index in [0.29, 0.717) is 44.3 Å². The topological polar surface area (TPSA) is 267 Å². The van der Waals surface area contributed by atoms with Crippen molar-refractivity contribution in [3.63, 3.8) is 0 Å². The molecule has 76 heavy (non-hydrogen) atoms. The summed E-state index contributed by atoms with van der Waals surface area (Å²) in [6, 6.07) is 4.26. The smallest absolute Gasteiger partial charge is 0.259 e. The normalized spacial score (nSPS) is 27.2. The number of aliphatic hydroxyl groups excluding tert-OH is 5. The predicted molar refractivity (Wildman–Crippen MR) is 293 cm³/mol. The monoisotopic (exact) mass is 1060 g/mol. The lowest BCUT2D eigenvalue weighted by atomic mass is 9.69. The van der Waals surface area contributed by atoms with E-state index < -0.39 is 84.0 Å². The third-order valence-corrected chi connectivity index (χ3v) is 16.3. The molecule has 0 bridgehead atoms. The molecule has 1 spiro atoms. The van der Waals surface area contributed by atoms with Gasteiger partial charge in [-0.1, -0.05) is 110 Å². The minimum absolute atomic E-state index is 0.00559. The van der Waals surface area contributed by atoms with Gasteiger partial charge in [-0.2, -0.15) is 0 Å². The minimum atomic E-state index is -1.42. The van der Waals surface area contributed by atoms with Gasteiger partial charge in [-0.15, -0.1) is 0 Å². The summed E-state index contributed by atoms with van der Waals surface area (Å²) in [7, 11) is 0. The summed E-state index contributed by atoms with van der Waals surface area (Å²) < 4.78 is 6.68. The lowest BCUT2D eigenvalue weighted by molar-refractivity contribution is -0.267. The van der Waals surface area contributed by atoms with Crippen LogP contribution < -0.4 is 21.4 Å². The van der Waals surface area contributed by atoms with Crippen molar-refractivity contribution in [3.05, 3.63) is 77.9 Å². The van der Waals surface area contributed by atoms with Gasteiger partial charge in [-0.25, -0.2) is 5.43 Å². The molecular formula is C59H93N5O12. The van der Waals surface area contributed by atoms with E-state index in [1.807, 2.05) is 52.8 Å². The van der Waals surface area contributed by atoms with Gasteiger partial charge in [0.15, 0.2) is 0 Å². The van der Waals surface area contributed by atoms with Crippen molar-refractivity contribution in [1.82, 2.24) is 26.4 Å². The number of amides is 4. The maximum absolute atomic E-state index is 14.0. The summed E-state index contributed by atoms with van der Waals surface area (Å²) >= 11 is 0. The van der Waals surface area contributed by atoms with Crippen LogP contribution >= 0.6 is 0 Å². The highest BCUT2D eigenvalue weighted by atomic mass is 16.5. The van der Waals surface area contributed by atoms with Crippen LogP contribution in [0.2, 0.25) is 0 Å². The number of phenols is 1. The highest BCUT2D eigenvalue weighted by Crippen LogP contribution is 2.46. The highest BCUT2D eigenvalue weighted by molar-refractivity contribution is 5.93. The summed E-state index contributed by atoms with van der Waals surface area (Å²) in [5.74, 6) is -5.06. The van der Waals surface area contributed by atoms with Gasteiger partial charge in [-0.05, 0) is 100 Å². The van der Waals surface area contributed by atoms with Crippen LogP contribution in [0, 0.1) is 47.3 Å². The summed E-state index contributed by atoms with van der Waals surface area (Å²) in [4.78, 5) is 66.8. The Hall–Kier alpha value is -4.75. The van der Waals surface area contributed by atoms with Crippen molar-refractivity contribution in [1.29, 1.82) is 0 Å². The van der Waals surface area contributed by atoms with Gasteiger partial charge in [0.25, 0.3) is 5.91 Å². The summed E-state index contributed by atoms with van der Waals surface area (Å²) in [6.45, 7) is 19.2. The van der Waals surface area contributed by atoms with E-state index in [1.54, 1.807) is 51.1 Å². The molecule has 16 atom stereocenters. The molecule has 3 unspecified atom stereocenters. The Morgan fingerprint density at radius 3 is 2.32 bits per heavy atom. The number of nitrogens with one attached hydrogen (secondary N) is 4. The van der Waals surface area contributed by atoms with Crippen molar-refractivity contribution < 1.29 is 59.3 Å². The van der Waals surface area contributed by atoms with Gasteiger partial charge in [0, 0.05) is 61.9 Å². The van der Waals surface area contributed by atoms with Gasteiger partial charge < -0.3 is 56.1 Å². The molecule has 0 saturated carbocycles. The average Bonchev–Trinajstić information content (AvgIpc) is 3.38. The number of carbonyl (C=O) groups excluding carboxylic acids is 5. The Kier molecular flexibility index (Phi) is 25.5. The molecule has 17 nitrogen and oxygen atoms in total. The van der Waals surface area contributed by atoms with E-state index in [1.165, 1.54) is 30.1 Å². The van der Waals surface area contributed by atoms with Gasteiger partial charge in [0.05, 0.1) is 42.5 Å². The maximum atomic E-state index is 14.0. The van der Waals surface area contributed by atoms with Crippen molar-refractivity contribution >= 4 is 29.4 Å². The van der Waals surface area contributed by atoms with Crippen LogP contribution in [0.25, 0.3) is 0 Å². The fourth-order valence-electron chi connectivity index (χ4n) is 10.7. The first kappa shape index (κ1) is 63.8. The first-order valence-electron chi connectivity index (χ1n) is 27.9. The number of ketones is 1. The third kappa shape index (κ3) is 17.9. The predicted octanol–water partition coefficient (Wildman–Crippen LogP) is 5.47. The number of nitrogens with zero attached hydrogens (tertiary/aromatic N) is 1. The van der Waals surface area contributed by atoms with Crippen molar-refractivity contribution in [2.75, 3.05) is 13.1 Å². The molecule has 426 valence electrons. The molecule has 0 radical (unpaired) electrons. The summed E-state index contributed by atoms with van der Waals surface area (Å²) in [5, 5.41) is 76.4. The molecule has 1 aromatic rings. The molecule has 0 aromatic heterocycles. The van der Waals surface area contributed by atoms with Crippen molar-refractivity contribution in [2.45, 2.75) is 194 Å². The Morgan fingerprint density at radius 1 is 0.947 bits per heavy atom. The van der Waals surface area contributed by atoms with Crippen LogP contribution in [-0.4, -0.2) is 133 Å². The first-order valence-corrected chi connectivity index (χ1v) is 27.9. The van der Waals surface area contributed by atoms with Crippen LogP contribution in [0.1, 0.15) is 139 Å². The highest BCUT2D eigenvalue weighted by Gasteiger charge is 2.57. The van der Waals surface area contributed by atoms with Crippen molar-refractivity contribution in [2.24, 2.45) is 47.3 Å². The number of Topliss-reactive ketones (excluding diaryl/α,β-unsaturated/α-hetero) is 1. The number of hydrazine groups is 1. The number of aromatic hydroxyl groups is 1. The Bertz CT molecular complexity index is 2180. The average molecular weight is 1060 g/mol. The summed E-state index contributed by atoms with van der Waals surface area (Å²) in [5.41, 5.74) is 3.46. The molecule has 3 heterocycles. The lowest BCUT2D eigenvalue weighted by Gasteiger charge is -2.56. The second-order valence-corrected chi connectivity index (χ2v) is 22.5. The maximum Gasteiger partial charge on any atom is 0.259 e. The second kappa shape index (κ2) is 30.4. The zero-order chi connectivity index (χ0) is 56.4. The Balaban J connectivity index is 1.28. The van der Waals surface area contributed by atoms with Gasteiger partial charge in [-0.3, -0.25) is 24.2 Å². The Labute approximate surface area is 452 Å². The van der Waals surface area contributed by atoms with E-state index in [9.17, 15) is 54.6 Å². The largest absolute Gasteiger partial charge is 0.508 e. The molecule has 3 fully saturated rings. The van der Waals surface area contributed by atoms with Crippen molar-refractivity contribution in [3.8, 4) is 5.75 Å². The molecule has 3 aliphatic rings. The van der Waals surface area contributed by atoms with E-state index >= 15 is 0 Å². The molecular weight excluding hydrogens is 971 g/mol. The van der Waals surface area contributed by atoms with Crippen LogP contribution in [0.3, 0.4) is 0 Å². The van der Waals surface area contributed by atoms with E-state index in [0.717, 1.165) is 24.8 Å². The minimum Gasteiger partial charge on any atom is -0.508 e. The number of ether oxygens (including phenoxy) is 1. The van der Waals surface area contributed by atoms with E-state index in [-0.39, 0.29) is 78.6 Å². The molecule has 10 N–H and O–H groups in total. The number of hydrogen-bond acceptors (Lipinski definition) is 13. The summed E-state index contributed by atoms with van der Waals surface area (Å²) in [6.07, 6.45) is 12.1. The first-order chi connectivity index (χ1) is 35.9. The molecule has 4 amide bonds. The molecule has 4 rings (SSSR count). The molecule has 1 aromatic carbocycles. The molecule has 17 heteroatoms. The second-order valence-electron chi connectivity index (χ2n) is 22.5. The zero-order valence-electron chi connectivity index (χ0n) is 46.9. The van der Waals surface area contributed by atoms with Crippen LogP contribution in [0.5, 0.6) is 5.75 Å². The number of rotatable bonds is 27. The standard InChI is InChI=1S/C59H93N5O12/c1-11-44-31-38(6)59(63-55(44)72)42(10)53(70)41(9)51(76-59)34-50(69)37(5)22-15-12-14-21-36(4)48(67)25-16-13-17-26-49(68)40(8)54(71)46(28-27-39(7)65)56(73)62-52(35(2)3)57(74)61-47(33-43-23-20-24-45(66)32-43)58(75)64-30-19-18-29-60-64/h12-14,16-17,20-21,23-24,26,32,35,37-38,40-42,44,46-54,60,66-71H,11,15,18-19,22,25,27-31,33-34H2,1-10H3,(H,61,74)(H,62,73)(H,63,72)/b14-12+,16-13+,26-17+,36-21+/t37-,38?,40-,41-,42?,44+,46+,47-,48-,49-,50-,51-,52-,53-,54+,59?/m0/s1. The number of hydrogen-bond donors (Lipinski definition) is 10. The molecule has 3 saturated heterocycles. The Morgan fingerprint density at radius 2 is 1.67 bits per heavy atom. The molecule has 0 aliphatic carbocycles. The quantitative estimate of drug-likeness (QED) is 0.0491. The number of phenolic OH excluding ortho intramolecular Hbond substituents is 1. The van der Waals surface area contributed by atoms with Gasteiger partial charge in [0.2, 0.25) is 17.7 Å². The van der Waals surface area contributed by atoms with Crippen LogP contribution in [0.4, 0.5) is 0 Å². The third-order valence-electron chi connectivity index (χ3n) is 16.3. The fraction of sp³-hybridized carbons (Fsp3) is 0.678. The number of carbonyl (C=O) groups is 5.